The average molecular weight is 229 g/mol. The molecule has 0 saturated carbocycles. The van der Waals surface area contributed by atoms with Crippen molar-refractivity contribution in [2.45, 2.75) is 45.3 Å². The number of hydrogen-bond donors (Lipinski definition) is 2. The zero-order valence-electron chi connectivity index (χ0n) is 9.95. The van der Waals surface area contributed by atoms with Gasteiger partial charge >= 0.3 is 5.97 Å². The number of carbonyl (C=O) groups is 2. The van der Waals surface area contributed by atoms with Crippen LogP contribution < -0.4 is 5.32 Å². The third-order valence-electron chi connectivity index (χ3n) is 2.34. The van der Waals surface area contributed by atoms with Crippen LogP contribution >= 0.6 is 0 Å². The van der Waals surface area contributed by atoms with Gasteiger partial charge in [0.15, 0.2) is 0 Å². The van der Waals surface area contributed by atoms with Crippen molar-refractivity contribution in [2.24, 2.45) is 5.92 Å². The molecule has 1 aliphatic rings. The second-order valence-corrected chi connectivity index (χ2v) is 5.11. The molecule has 16 heavy (non-hydrogen) atoms. The monoisotopic (exact) mass is 229 g/mol. The molecule has 0 spiro atoms. The van der Waals surface area contributed by atoms with E-state index >= 15 is 0 Å². The summed E-state index contributed by atoms with van der Waals surface area (Å²) in [5.74, 6) is -0.914. The highest BCUT2D eigenvalue weighted by Crippen LogP contribution is 2.20. The van der Waals surface area contributed by atoms with Gasteiger partial charge in [0.2, 0.25) is 5.91 Å². The number of aliphatic hydroxyl groups is 1. The third-order valence-corrected chi connectivity index (χ3v) is 2.34. The summed E-state index contributed by atoms with van der Waals surface area (Å²) >= 11 is 0. The standard InChI is InChI=1S/C11H19NO4/c1-11(2,3)16-9(14)5-7-4-8(6-13)12-10(7)15/h7-8,13H,4-6H2,1-3H3,(H,12,15)/t7-,8-/m0/s1. The van der Waals surface area contributed by atoms with Crippen LogP contribution in [0.15, 0.2) is 0 Å². The summed E-state index contributed by atoms with van der Waals surface area (Å²) in [5.41, 5.74) is -0.525. The maximum atomic E-state index is 11.5. The SMILES string of the molecule is CC(C)(C)OC(=O)C[C@@H]1C[C@@H](CO)NC1=O. The molecular weight excluding hydrogens is 210 g/mol. The number of carbonyl (C=O) groups excluding carboxylic acids is 2. The molecule has 0 aromatic heterocycles. The molecule has 0 radical (unpaired) electrons. The molecule has 1 fully saturated rings. The Morgan fingerprint density at radius 1 is 1.56 bits per heavy atom. The fraction of sp³-hybridized carbons (Fsp3) is 0.818. The number of rotatable bonds is 3. The van der Waals surface area contributed by atoms with E-state index in [0.29, 0.717) is 6.42 Å². The molecule has 0 aromatic carbocycles. The Labute approximate surface area is 95.2 Å². The van der Waals surface area contributed by atoms with Crippen LogP contribution in [0.1, 0.15) is 33.6 Å². The van der Waals surface area contributed by atoms with Crippen molar-refractivity contribution in [1.29, 1.82) is 0 Å². The second-order valence-electron chi connectivity index (χ2n) is 5.11. The van der Waals surface area contributed by atoms with Gasteiger partial charge in [-0.2, -0.15) is 0 Å². The summed E-state index contributed by atoms with van der Waals surface area (Å²) in [6, 6.07) is -0.222. The smallest absolute Gasteiger partial charge is 0.307 e. The molecule has 0 bridgehead atoms. The van der Waals surface area contributed by atoms with Crippen LogP contribution in [0.4, 0.5) is 0 Å². The van der Waals surface area contributed by atoms with Crippen LogP contribution in [-0.4, -0.2) is 35.2 Å². The quantitative estimate of drug-likeness (QED) is 0.679. The van der Waals surface area contributed by atoms with Gasteiger partial charge in [0.25, 0.3) is 0 Å². The van der Waals surface area contributed by atoms with Crippen molar-refractivity contribution >= 4 is 11.9 Å². The van der Waals surface area contributed by atoms with Crippen LogP contribution in [0.3, 0.4) is 0 Å². The maximum Gasteiger partial charge on any atom is 0.307 e. The minimum atomic E-state index is -0.525. The molecule has 1 amide bonds. The lowest BCUT2D eigenvalue weighted by molar-refractivity contribution is -0.156. The van der Waals surface area contributed by atoms with Crippen LogP contribution in [0.25, 0.3) is 0 Å². The van der Waals surface area contributed by atoms with E-state index < -0.39 is 5.60 Å². The van der Waals surface area contributed by atoms with Crippen molar-refractivity contribution < 1.29 is 19.4 Å². The molecule has 1 heterocycles. The number of aliphatic hydroxyl groups excluding tert-OH is 1. The largest absolute Gasteiger partial charge is 0.460 e. The van der Waals surface area contributed by atoms with E-state index in [1.54, 1.807) is 20.8 Å². The Balaban J connectivity index is 2.43. The predicted molar refractivity (Wildman–Crippen MR) is 57.6 cm³/mol. The molecular formula is C11H19NO4. The number of hydrogen-bond acceptors (Lipinski definition) is 4. The van der Waals surface area contributed by atoms with Gasteiger partial charge in [-0.05, 0) is 27.2 Å². The summed E-state index contributed by atoms with van der Waals surface area (Å²) in [5, 5.41) is 11.5. The lowest BCUT2D eigenvalue weighted by Crippen LogP contribution is -2.30. The molecule has 1 saturated heterocycles. The summed E-state index contributed by atoms with van der Waals surface area (Å²) in [7, 11) is 0. The third kappa shape index (κ3) is 3.81. The first-order valence-electron chi connectivity index (χ1n) is 5.45. The summed E-state index contributed by atoms with van der Waals surface area (Å²) in [4.78, 5) is 22.9. The average Bonchev–Trinajstić information content (AvgIpc) is 2.44. The van der Waals surface area contributed by atoms with Gasteiger partial charge in [0.1, 0.15) is 5.60 Å². The molecule has 5 heteroatoms. The van der Waals surface area contributed by atoms with Crippen molar-refractivity contribution in [3.63, 3.8) is 0 Å². The minimum Gasteiger partial charge on any atom is -0.460 e. The van der Waals surface area contributed by atoms with Crippen molar-refractivity contribution in [3.05, 3.63) is 0 Å². The number of esters is 1. The van der Waals surface area contributed by atoms with E-state index in [1.165, 1.54) is 0 Å². The van der Waals surface area contributed by atoms with Gasteiger partial charge < -0.3 is 15.2 Å². The summed E-state index contributed by atoms with van der Waals surface area (Å²) < 4.78 is 5.14. The first kappa shape index (κ1) is 13.0. The molecule has 1 aliphatic heterocycles. The minimum absolute atomic E-state index is 0.0829. The van der Waals surface area contributed by atoms with E-state index in [2.05, 4.69) is 5.32 Å². The highest BCUT2D eigenvalue weighted by Gasteiger charge is 2.34. The number of nitrogens with one attached hydrogen (secondary N) is 1. The van der Waals surface area contributed by atoms with E-state index in [0.717, 1.165) is 0 Å². The molecule has 2 atom stereocenters. The van der Waals surface area contributed by atoms with Crippen LogP contribution in [-0.2, 0) is 14.3 Å². The number of ether oxygens (including phenoxy) is 1. The molecule has 0 aliphatic carbocycles. The van der Waals surface area contributed by atoms with Crippen molar-refractivity contribution in [3.8, 4) is 0 Å². The lowest BCUT2D eigenvalue weighted by Gasteiger charge is -2.20. The number of amides is 1. The molecule has 5 nitrogen and oxygen atoms in total. The molecule has 1 rings (SSSR count). The second kappa shape index (κ2) is 4.82. The zero-order valence-corrected chi connectivity index (χ0v) is 9.95. The van der Waals surface area contributed by atoms with Crippen molar-refractivity contribution in [2.75, 3.05) is 6.61 Å². The Morgan fingerprint density at radius 2 is 2.19 bits per heavy atom. The maximum absolute atomic E-state index is 11.5. The summed E-state index contributed by atoms with van der Waals surface area (Å²) in [6.45, 7) is 5.28. The first-order chi connectivity index (χ1) is 7.31. The molecule has 92 valence electrons. The van der Waals surface area contributed by atoms with Crippen LogP contribution in [0.2, 0.25) is 0 Å². The predicted octanol–water partition coefficient (Wildman–Crippen LogP) is 0.215. The van der Waals surface area contributed by atoms with E-state index in [4.69, 9.17) is 9.84 Å². The topological polar surface area (TPSA) is 75.6 Å². The van der Waals surface area contributed by atoms with Gasteiger partial charge in [-0.1, -0.05) is 0 Å². The highest BCUT2D eigenvalue weighted by molar-refractivity contribution is 5.85. The zero-order chi connectivity index (χ0) is 12.3. The van der Waals surface area contributed by atoms with Crippen LogP contribution in [0.5, 0.6) is 0 Å². The van der Waals surface area contributed by atoms with E-state index in [1.807, 2.05) is 0 Å². The van der Waals surface area contributed by atoms with Gasteiger partial charge in [-0.15, -0.1) is 0 Å². The first-order valence-corrected chi connectivity index (χ1v) is 5.45. The molecule has 0 unspecified atom stereocenters. The molecule has 2 N–H and O–H groups in total. The fourth-order valence-corrected chi connectivity index (χ4v) is 1.71. The Morgan fingerprint density at radius 3 is 2.62 bits per heavy atom. The molecule has 0 aromatic rings. The fourth-order valence-electron chi connectivity index (χ4n) is 1.71. The van der Waals surface area contributed by atoms with Gasteiger partial charge in [0.05, 0.1) is 25.0 Å². The Bertz CT molecular complexity index is 282. The van der Waals surface area contributed by atoms with E-state index in [9.17, 15) is 9.59 Å². The highest BCUT2D eigenvalue weighted by atomic mass is 16.6. The van der Waals surface area contributed by atoms with Gasteiger partial charge in [0, 0.05) is 0 Å². The Hall–Kier alpha value is -1.10. The van der Waals surface area contributed by atoms with Gasteiger partial charge in [-0.3, -0.25) is 9.59 Å². The lowest BCUT2D eigenvalue weighted by atomic mass is 10.0. The van der Waals surface area contributed by atoms with Crippen LogP contribution in [0, 0.1) is 5.92 Å². The van der Waals surface area contributed by atoms with E-state index in [-0.39, 0.29) is 36.9 Å². The van der Waals surface area contributed by atoms with Crippen molar-refractivity contribution in [1.82, 2.24) is 5.32 Å². The van der Waals surface area contributed by atoms with Gasteiger partial charge in [-0.25, -0.2) is 0 Å². The Kier molecular flexibility index (Phi) is 3.91. The summed E-state index contributed by atoms with van der Waals surface area (Å²) in [6.07, 6.45) is 0.578. The normalized spacial score (nSPS) is 25.4.